The van der Waals surface area contributed by atoms with E-state index < -0.39 is 0 Å². The van der Waals surface area contributed by atoms with Crippen molar-refractivity contribution < 1.29 is 19.0 Å². The Morgan fingerprint density at radius 2 is 2.21 bits per heavy atom. The maximum Gasteiger partial charge on any atom is 0.310 e. The number of carbonyl (C=O) groups excluding carboxylic acids is 1. The van der Waals surface area contributed by atoms with E-state index in [0.29, 0.717) is 31.8 Å². The molecule has 19 heavy (non-hydrogen) atoms. The molecule has 1 aliphatic carbocycles. The van der Waals surface area contributed by atoms with E-state index in [0.717, 1.165) is 32.2 Å². The van der Waals surface area contributed by atoms with Crippen LogP contribution in [0, 0.1) is 11.8 Å². The second-order valence-corrected chi connectivity index (χ2v) is 5.81. The topological polar surface area (TPSA) is 56.8 Å². The molecule has 2 heterocycles. The summed E-state index contributed by atoms with van der Waals surface area (Å²) in [6.45, 7) is 4.46. The number of ether oxygens (including phenoxy) is 3. The van der Waals surface area contributed by atoms with Crippen molar-refractivity contribution in [3.63, 3.8) is 0 Å². The first-order chi connectivity index (χ1) is 9.22. The monoisotopic (exact) mass is 269 g/mol. The van der Waals surface area contributed by atoms with E-state index in [9.17, 15) is 4.79 Å². The number of esters is 1. The van der Waals surface area contributed by atoms with Crippen LogP contribution < -0.4 is 5.32 Å². The lowest BCUT2D eigenvalue weighted by molar-refractivity contribution is -0.195. The average molecular weight is 269 g/mol. The van der Waals surface area contributed by atoms with Crippen molar-refractivity contribution in [3.8, 4) is 0 Å². The van der Waals surface area contributed by atoms with E-state index in [2.05, 4.69) is 5.32 Å². The minimum Gasteiger partial charge on any atom is -0.466 e. The Labute approximate surface area is 114 Å². The molecule has 0 aromatic rings. The van der Waals surface area contributed by atoms with Gasteiger partial charge in [-0.05, 0) is 25.7 Å². The van der Waals surface area contributed by atoms with Crippen molar-refractivity contribution in [2.75, 3.05) is 26.4 Å². The highest BCUT2D eigenvalue weighted by Gasteiger charge is 2.47. The van der Waals surface area contributed by atoms with Gasteiger partial charge < -0.3 is 19.5 Å². The number of hydrogen-bond donors (Lipinski definition) is 1. The molecule has 2 aliphatic heterocycles. The zero-order valence-electron chi connectivity index (χ0n) is 11.5. The van der Waals surface area contributed by atoms with Gasteiger partial charge in [0, 0.05) is 25.4 Å². The van der Waals surface area contributed by atoms with Crippen molar-refractivity contribution in [2.45, 2.75) is 44.4 Å². The number of rotatable bonds is 2. The molecule has 0 aromatic heterocycles. The molecule has 3 atom stereocenters. The van der Waals surface area contributed by atoms with Crippen LogP contribution in [0.25, 0.3) is 0 Å². The number of carbonyl (C=O) groups is 1. The summed E-state index contributed by atoms with van der Waals surface area (Å²) in [5.41, 5.74) is 0. The fourth-order valence-electron chi connectivity index (χ4n) is 3.71. The van der Waals surface area contributed by atoms with Crippen LogP contribution in [0.3, 0.4) is 0 Å². The van der Waals surface area contributed by atoms with Crippen LogP contribution in [-0.4, -0.2) is 44.2 Å². The first-order valence-corrected chi connectivity index (χ1v) is 7.40. The molecule has 0 aromatic carbocycles. The molecule has 3 aliphatic rings. The molecule has 0 amide bonds. The largest absolute Gasteiger partial charge is 0.466 e. The second-order valence-electron chi connectivity index (χ2n) is 5.81. The summed E-state index contributed by atoms with van der Waals surface area (Å²) >= 11 is 0. The standard InChI is InChI=1S/C14H23NO4/c1-2-17-13(16)11-7-10-8-14(18-5-6-19-14)4-3-12(10)15-9-11/h10-12,15H,2-9H2,1H3. The van der Waals surface area contributed by atoms with Crippen molar-refractivity contribution in [1.29, 1.82) is 0 Å². The van der Waals surface area contributed by atoms with Gasteiger partial charge in [-0.1, -0.05) is 0 Å². The molecular weight excluding hydrogens is 246 g/mol. The van der Waals surface area contributed by atoms with Gasteiger partial charge in [-0.2, -0.15) is 0 Å². The van der Waals surface area contributed by atoms with Crippen molar-refractivity contribution in [3.05, 3.63) is 0 Å². The zero-order valence-corrected chi connectivity index (χ0v) is 11.5. The van der Waals surface area contributed by atoms with Gasteiger partial charge in [0.1, 0.15) is 0 Å². The molecular formula is C14H23NO4. The fraction of sp³-hybridized carbons (Fsp3) is 0.929. The summed E-state index contributed by atoms with van der Waals surface area (Å²) < 4.78 is 16.8. The zero-order chi connectivity index (χ0) is 13.3. The predicted octanol–water partition coefficient (Wildman–Crippen LogP) is 1.07. The summed E-state index contributed by atoms with van der Waals surface area (Å²) in [6, 6.07) is 0.504. The van der Waals surface area contributed by atoms with E-state index in [-0.39, 0.29) is 17.7 Å². The van der Waals surface area contributed by atoms with Gasteiger partial charge in [-0.3, -0.25) is 4.79 Å². The van der Waals surface area contributed by atoms with Gasteiger partial charge >= 0.3 is 5.97 Å². The Kier molecular flexibility index (Phi) is 3.78. The molecule has 3 fully saturated rings. The second kappa shape index (κ2) is 5.38. The molecule has 0 bridgehead atoms. The van der Waals surface area contributed by atoms with Gasteiger partial charge in [0.2, 0.25) is 0 Å². The third-order valence-electron chi connectivity index (χ3n) is 4.63. The predicted molar refractivity (Wildman–Crippen MR) is 68.5 cm³/mol. The average Bonchev–Trinajstić information content (AvgIpc) is 2.86. The van der Waals surface area contributed by atoms with Gasteiger partial charge in [0.25, 0.3) is 0 Å². The minimum absolute atomic E-state index is 0.0160. The van der Waals surface area contributed by atoms with Crippen molar-refractivity contribution in [2.24, 2.45) is 11.8 Å². The van der Waals surface area contributed by atoms with Crippen LogP contribution in [0.5, 0.6) is 0 Å². The third kappa shape index (κ3) is 2.64. The van der Waals surface area contributed by atoms with E-state index >= 15 is 0 Å². The van der Waals surface area contributed by atoms with E-state index in [1.54, 1.807) is 0 Å². The molecule has 3 rings (SSSR count). The number of fused-ring (bicyclic) bond motifs is 1. The van der Waals surface area contributed by atoms with E-state index in [1.807, 2.05) is 6.92 Å². The molecule has 2 saturated heterocycles. The molecule has 1 spiro atoms. The lowest BCUT2D eigenvalue weighted by atomic mass is 9.73. The maximum absolute atomic E-state index is 11.9. The van der Waals surface area contributed by atoms with Crippen molar-refractivity contribution in [1.82, 2.24) is 5.32 Å². The summed E-state index contributed by atoms with van der Waals surface area (Å²) in [7, 11) is 0. The quantitative estimate of drug-likeness (QED) is 0.760. The first-order valence-electron chi connectivity index (χ1n) is 7.40. The minimum atomic E-state index is -0.362. The van der Waals surface area contributed by atoms with E-state index in [1.165, 1.54) is 0 Å². The van der Waals surface area contributed by atoms with Gasteiger partial charge in [-0.25, -0.2) is 0 Å². The van der Waals surface area contributed by atoms with Crippen LogP contribution >= 0.6 is 0 Å². The van der Waals surface area contributed by atoms with Crippen molar-refractivity contribution >= 4 is 5.97 Å². The molecule has 5 heteroatoms. The van der Waals surface area contributed by atoms with Crippen LogP contribution in [0.1, 0.15) is 32.6 Å². The highest BCUT2D eigenvalue weighted by molar-refractivity contribution is 5.72. The summed E-state index contributed by atoms with van der Waals surface area (Å²) in [6.07, 6.45) is 3.83. The third-order valence-corrected chi connectivity index (χ3v) is 4.63. The number of nitrogens with one attached hydrogen (secondary N) is 1. The van der Waals surface area contributed by atoms with E-state index in [4.69, 9.17) is 14.2 Å². The molecule has 5 nitrogen and oxygen atoms in total. The normalized spacial score (nSPS) is 37.0. The Morgan fingerprint density at radius 1 is 1.42 bits per heavy atom. The molecule has 108 valence electrons. The first kappa shape index (κ1) is 13.3. The van der Waals surface area contributed by atoms with Crippen LogP contribution in [-0.2, 0) is 19.0 Å². The van der Waals surface area contributed by atoms with Crippen LogP contribution in [0.2, 0.25) is 0 Å². The fourth-order valence-corrected chi connectivity index (χ4v) is 3.71. The maximum atomic E-state index is 11.9. The van der Waals surface area contributed by atoms with Gasteiger partial charge in [0.05, 0.1) is 25.7 Å². The van der Waals surface area contributed by atoms with Crippen LogP contribution in [0.4, 0.5) is 0 Å². The summed E-state index contributed by atoms with van der Waals surface area (Å²) in [4.78, 5) is 11.9. The van der Waals surface area contributed by atoms with Crippen LogP contribution in [0.15, 0.2) is 0 Å². The smallest absolute Gasteiger partial charge is 0.310 e. The molecule has 0 radical (unpaired) electrons. The number of piperidine rings is 1. The molecule has 3 unspecified atom stereocenters. The lowest BCUT2D eigenvalue weighted by Gasteiger charge is -2.45. The Morgan fingerprint density at radius 3 is 2.95 bits per heavy atom. The lowest BCUT2D eigenvalue weighted by Crippen LogP contribution is -2.54. The summed E-state index contributed by atoms with van der Waals surface area (Å²) in [5, 5.41) is 3.50. The number of hydrogen-bond acceptors (Lipinski definition) is 5. The Hall–Kier alpha value is -0.650. The highest BCUT2D eigenvalue weighted by Crippen LogP contribution is 2.42. The molecule has 1 saturated carbocycles. The van der Waals surface area contributed by atoms with Gasteiger partial charge in [0.15, 0.2) is 5.79 Å². The Balaban J connectivity index is 1.62. The summed E-state index contributed by atoms with van der Waals surface area (Å²) in [5.74, 6) is 0.00782. The van der Waals surface area contributed by atoms with Gasteiger partial charge in [-0.15, -0.1) is 0 Å². The Bertz CT molecular complexity index is 340. The molecule has 1 N–H and O–H groups in total. The SMILES string of the molecule is CCOC(=O)C1CNC2CCC3(CC2C1)OCCO3. The highest BCUT2D eigenvalue weighted by atomic mass is 16.7.